The lowest BCUT2D eigenvalue weighted by atomic mass is 10.1. The number of hydrogen-bond donors (Lipinski definition) is 2. The Morgan fingerprint density at radius 2 is 2.03 bits per heavy atom. The fraction of sp³-hybridized carbons (Fsp3) is 0.0385. The molecule has 0 aliphatic rings. The lowest BCUT2D eigenvalue weighted by molar-refractivity contribution is -0.131. The molecule has 2 heterocycles. The molecule has 0 unspecified atom stereocenters. The third-order valence-electron chi connectivity index (χ3n) is 5.19. The lowest BCUT2D eigenvalue weighted by Gasteiger charge is -2.11. The quantitative estimate of drug-likeness (QED) is 0.230. The third kappa shape index (κ3) is 5.08. The summed E-state index contributed by atoms with van der Waals surface area (Å²) in [6.07, 6.45) is 4.15. The highest BCUT2D eigenvalue weighted by Gasteiger charge is 2.13. The highest BCUT2D eigenvalue weighted by Crippen LogP contribution is 2.38. The number of nitrogens with one attached hydrogen (secondary N) is 1. The molecular weight excluding hydrogens is 489 g/mol. The second-order valence-corrected chi connectivity index (χ2v) is 9.06. The molecule has 0 spiro atoms. The smallest absolute Gasteiger partial charge is 0.328 e. The Kier molecular flexibility index (Phi) is 6.31. The predicted molar refractivity (Wildman–Crippen MR) is 137 cm³/mol. The summed E-state index contributed by atoms with van der Waals surface area (Å²) in [7, 11) is 0. The highest BCUT2D eigenvalue weighted by atomic mass is 35.5. The topological polar surface area (TPSA) is 84.3 Å². The van der Waals surface area contributed by atoms with Gasteiger partial charge in [-0.15, -0.1) is 11.3 Å². The number of aromatic nitrogens is 2. The molecule has 0 aliphatic carbocycles. The number of halogens is 2. The van der Waals surface area contributed by atoms with Crippen molar-refractivity contribution in [3.8, 4) is 5.75 Å². The zero-order chi connectivity index (χ0) is 24.4. The van der Waals surface area contributed by atoms with Crippen LogP contribution in [0.5, 0.6) is 5.75 Å². The van der Waals surface area contributed by atoms with Crippen LogP contribution < -0.4 is 10.1 Å². The number of nitrogens with zero attached hydrogens (tertiary/aromatic N) is 2. The van der Waals surface area contributed by atoms with Gasteiger partial charge in [0.05, 0.1) is 10.4 Å². The Labute approximate surface area is 208 Å². The number of thiophene rings is 1. The largest absolute Gasteiger partial charge is 0.487 e. The van der Waals surface area contributed by atoms with Crippen molar-refractivity contribution >= 4 is 66.8 Å². The second-order valence-electron chi connectivity index (χ2n) is 7.62. The van der Waals surface area contributed by atoms with Crippen LogP contribution in [0.3, 0.4) is 0 Å². The van der Waals surface area contributed by atoms with E-state index in [0.717, 1.165) is 31.9 Å². The van der Waals surface area contributed by atoms with Crippen LogP contribution in [0.15, 0.2) is 73.1 Å². The summed E-state index contributed by atoms with van der Waals surface area (Å²) in [5.41, 5.74) is 2.21. The van der Waals surface area contributed by atoms with E-state index in [-0.39, 0.29) is 12.4 Å². The summed E-state index contributed by atoms with van der Waals surface area (Å²) < 4.78 is 20.1. The van der Waals surface area contributed by atoms with E-state index in [4.69, 9.17) is 21.4 Å². The maximum absolute atomic E-state index is 13.4. The Morgan fingerprint density at radius 1 is 1.14 bits per heavy atom. The number of carboxylic acid groups (broad SMARTS) is 1. The van der Waals surface area contributed by atoms with Crippen LogP contribution >= 0.6 is 22.9 Å². The molecule has 35 heavy (non-hydrogen) atoms. The van der Waals surface area contributed by atoms with E-state index in [0.29, 0.717) is 27.8 Å². The van der Waals surface area contributed by atoms with Gasteiger partial charge in [-0.1, -0.05) is 35.9 Å². The molecule has 0 aliphatic heterocycles. The Balaban J connectivity index is 1.40. The van der Waals surface area contributed by atoms with Crippen molar-refractivity contribution in [3.63, 3.8) is 0 Å². The molecule has 0 fully saturated rings. The summed E-state index contributed by atoms with van der Waals surface area (Å²) in [5, 5.41) is 14.4. The lowest BCUT2D eigenvalue weighted by Crippen LogP contribution is -1.98. The predicted octanol–water partition coefficient (Wildman–Crippen LogP) is 7.06. The molecule has 3 aromatic carbocycles. The van der Waals surface area contributed by atoms with Crippen molar-refractivity contribution in [2.45, 2.75) is 6.61 Å². The van der Waals surface area contributed by atoms with Crippen molar-refractivity contribution in [2.75, 3.05) is 5.32 Å². The Bertz CT molecular complexity index is 1600. The van der Waals surface area contributed by atoms with Crippen molar-refractivity contribution in [2.24, 2.45) is 0 Å². The van der Waals surface area contributed by atoms with E-state index in [2.05, 4.69) is 15.3 Å². The Hall–Kier alpha value is -4.01. The number of hydrogen-bond acceptors (Lipinski definition) is 6. The van der Waals surface area contributed by atoms with Crippen molar-refractivity contribution in [3.05, 3.63) is 95.0 Å². The zero-order valence-electron chi connectivity index (χ0n) is 18.0. The number of benzene rings is 3. The first kappa shape index (κ1) is 22.8. The van der Waals surface area contributed by atoms with Crippen molar-refractivity contribution in [1.82, 2.24) is 9.97 Å². The first-order valence-corrected chi connectivity index (χ1v) is 11.7. The minimum atomic E-state index is -0.997. The molecule has 0 radical (unpaired) electrons. The van der Waals surface area contributed by atoms with Crippen LogP contribution in [-0.2, 0) is 11.4 Å². The number of aliphatic carboxylic acids is 1. The van der Waals surface area contributed by atoms with E-state index in [1.54, 1.807) is 30.3 Å². The summed E-state index contributed by atoms with van der Waals surface area (Å²) in [4.78, 5) is 20.4. The SMILES string of the molecule is O=C(O)/C=C/c1ccc2c(c1)sc1ncnc(Nc3ccc(OCc4cccc(F)c4)c(Cl)c3)c12. The van der Waals surface area contributed by atoms with Gasteiger partial charge in [0.15, 0.2) is 0 Å². The van der Waals surface area contributed by atoms with Gasteiger partial charge in [0.25, 0.3) is 0 Å². The zero-order valence-corrected chi connectivity index (χ0v) is 19.6. The molecule has 9 heteroatoms. The average molecular weight is 506 g/mol. The molecule has 6 nitrogen and oxygen atoms in total. The number of fused-ring (bicyclic) bond motifs is 3. The molecule has 2 aromatic heterocycles. The van der Waals surface area contributed by atoms with E-state index in [1.807, 2.05) is 24.3 Å². The van der Waals surface area contributed by atoms with E-state index in [9.17, 15) is 9.18 Å². The van der Waals surface area contributed by atoms with Gasteiger partial charge in [0.2, 0.25) is 0 Å². The molecule has 0 amide bonds. The van der Waals surface area contributed by atoms with Gasteiger partial charge in [-0.2, -0.15) is 0 Å². The Morgan fingerprint density at radius 3 is 2.83 bits per heavy atom. The summed E-state index contributed by atoms with van der Waals surface area (Å²) in [5.74, 6) is -0.207. The standard InChI is InChI=1S/C26H17ClFN3O3S/c27-20-12-18(6-8-21(20)34-13-16-2-1-3-17(28)10-16)31-25-24-19-7-4-15(5-9-23(32)33)11-22(19)35-26(24)30-14-29-25/h1-12,14H,13H2,(H,32,33)(H,29,30,31)/b9-5+. The monoisotopic (exact) mass is 505 g/mol. The molecule has 2 N–H and O–H groups in total. The van der Waals surface area contributed by atoms with Crippen LogP contribution in [0.2, 0.25) is 5.02 Å². The molecule has 0 saturated heterocycles. The van der Waals surface area contributed by atoms with Crippen molar-refractivity contribution in [1.29, 1.82) is 0 Å². The molecule has 0 bridgehead atoms. The van der Waals surface area contributed by atoms with Crippen LogP contribution in [-0.4, -0.2) is 21.0 Å². The molecule has 5 rings (SSSR count). The minimum absolute atomic E-state index is 0.196. The normalized spacial score (nSPS) is 11.4. The van der Waals surface area contributed by atoms with Gasteiger partial charge >= 0.3 is 5.97 Å². The number of anilines is 2. The van der Waals surface area contributed by atoms with Crippen LogP contribution in [0.1, 0.15) is 11.1 Å². The highest BCUT2D eigenvalue weighted by molar-refractivity contribution is 7.25. The number of rotatable bonds is 7. The van der Waals surface area contributed by atoms with E-state index in [1.165, 1.54) is 29.8 Å². The molecular formula is C26H17ClFN3O3S. The van der Waals surface area contributed by atoms with E-state index >= 15 is 0 Å². The molecule has 0 saturated carbocycles. The molecule has 174 valence electrons. The van der Waals surface area contributed by atoms with Gasteiger partial charge in [-0.05, 0) is 53.6 Å². The van der Waals surface area contributed by atoms with Gasteiger partial charge in [0.1, 0.15) is 35.1 Å². The number of carbonyl (C=O) groups is 1. The average Bonchev–Trinajstić information content (AvgIpc) is 3.21. The minimum Gasteiger partial charge on any atom is -0.487 e. The molecule has 0 atom stereocenters. The third-order valence-corrected chi connectivity index (χ3v) is 6.55. The first-order chi connectivity index (χ1) is 17.0. The number of carboxylic acids is 1. The van der Waals surface area contributed by atoms with Gasteiger partial charge < -0.3 is 15.2 Å². The first-order valence-electron chi connectivity index (χ1n) is 10.5. The van der Waals surface area contributed by atoms with E-state index < -0.39 is 5.97 Å². The number of ether oxygens (including phenoxy) is 1. The van der Waals surface area contributed by atoms with Crippen LogP contribution in [0.4, 0.5) is 15.9 Å². The maximum atomic E-state index is 13.4. The second kappa shape index (κ2) is 9.69. The summed E-state index contributed by atoms with van der Waals surface area (Å²) in [6.45, 7) is 0.196. The summed E-state index contributed by atoms with van der Waals surface area (Å²) >= 11 is 7.94. The molecule has 5 aromatic rings. The maximum Gasteiger partial charge on any atom is 0.328 e. The fourth-order valence-electron chi connectivity index (χ4n) is 3.61. The van der Waals surface area contributed by atoms with Gasteiger partial charge in [-0.3, -0.25) is 0 Å². The summed E-state index contributed by atoms with van der Waals surface area (Å²) in [6, 6.07) is 17.2. The van der Waals surface area contributed by atoms with Crippen LogP contribution in [0, 0.1) is 5.82 Å². The van der Waals surface area contributed by atoms with Crippen LogP contribution in [0.25, 0.3) is 26.4 Å². The van der Waals surface area contributed by atoms with Gasteiger partial charge in [0, 0.05) is 21.8 Å². The van der Waals surface area contributed by atoms with Crippen molar-refractivity contribution < 1.29 is 19.0 Å². The van der Waals surface area contributed by atoms with Gasteiger partial charge in [-0.25, -0.2) is 19.2 Å². The fourth-order valence-corrected chi connectivity index (χ4v) is 4.94.